The summed E-state index contributed by atoms with van der Waals surface area (Å²) in [6, 6.07) is 4.43. The maximum Gasteiger partial charge on any atom is -0.0183 e. The third kappa shape index (κ3) is 1.98. The summed E-state index contributed by atoms with van der Waals surface area (Å²) in [6.07, 6.45) is 2.07. The Kier molecular flexibility index (Phi) is 3.10. The second kappa shape index (κ2) is 3.90. The van der Waals surface area contributed by atoms with E-state index in [1.165, 1.54) is 22.3 Å². The first-order valence-electron chi connectivity index (χ1n) is 3.99. The van der Waals surface area contributed by atoms with E-state index in [2.05, 4.69) is 54.9 Å². The SMILES string of the molecule is Cc1cc(C)c(/C=C/Br)cc1C. The fourth-order valence-corrected chi connectivity index (χ4v) is 1.52. The topological polar surface area (TPSA) is 0 Å². The van der Waals surface area contributed by atoms with Gasteiger partial charge in [-0.15, -0.1) is 0 Å². The standard InChI is InChI=1S/C11H13Br/c1-8-6-10(3)11(4-5-12)7-9(8)2/h4-7H,1-3H3/b5-4+. The number of aryl methyl sites for hydroxylation is 3. The highest BCUT2D eigenvalue weighted by Gasteiger charge is 1.97. The third-order valence-corrected chi connectivity index (χ3v) is 2.39. The van der Waals surface area contributed by atoms with Crippen molar-refractivity contribution in [1.82, 2.24) is 0 Å². The number of hydrogen-bond acceptors (Lipinski definition) is 0. The first-order valence-corrected chi connectivity index (χ1v) is 4.91. The quantitative estimate of drug-likeness (QED) is 0.678. The molecule has 0 N–H and O–H groups in total. The van der Waals surface area contributed by atoms with E-state index in [0.717, 1.165) is 0 Å². The highest BCUT2D eigenvalue weighted by Crippen LogP contribution is 2.16. The van der Waals surface area contributed by atoms with E-state index in [9.17, 15) is 0 Å². The summed E-state index contributed by atoms with van der Waals surface area (Å²) in [5, 5.41) is 0. The Morgan fingerprint density at radius 1 is 1.00 bits per heavy atom. The van der Waals surface area contributed by atoms with Gasteiger partial charge < -0.3 is 0 Å². The number of rotatable bonds is 1. The fraction of sp³-hybridized carbons (Fsp3) is 0.273. The van der Waals surface area contributed by atoms with Gasteiger partial charge in [-0.2, -0.15) is 0 Å². The van der Waals surface area contributed by atoms with Gasteiger partial charge >= 0.3 is 0 Å². The van der Waals surface area contributed by atoms with E-state index in [4.69, 9.17) is 0 Å². The van der Waals surface area contributed by atoms with E-state index in [1.807, 2.05) is 4.99 Å². The van der Waals surface area contributed by atoms with Crippen LogP contribution in [-0.2, 0) is 0 Å². The van der Waals surface area contributed by atoms with Crippen LogP contribution in [0.2, 0.25) is 0 Å². The van der Waals surface area contributed by atoms with Crippen molar-refractivity contribution < 1.29 is 0 Å². The van der Waals surface area contributed by atoms with Crippen molar-refractivity contribution in [3.63, 3.8) is 0 Å². The van der Waals surface area contributed by atoms with Crippen LogP contribution in [0.3, 0.4) is 0 Å². The smallest absolute Gasteiger partial charge is 0.0183 e. The molecule has 1 rings (SSSR count). The van der Waals surface area contributed by atoms with Gasteiger partial charge in [0.15, 0.2) is 0 Å². The summed E-state index contributed by atoms with van der Waals surface area (Å²) in [5.41, 5.74) is 5.32. The zero-order chi connectivity index (χ0) is 9.14. The lowest BCUT2D eigenvalue weighted by Gasteiger charge is -2.05. The Morgan fingerprint density at radius 2 is 1.58 bits per heavy atom. The maximum absolute atomic E-state index is 3.28. The van der Waals surface area contributed by atoms with Crippen molar-refractivity contribution in [2.75, 3.05) is 0 Å². The Morgan fingerprint density at radius 3 is 2.17 bits per heavy atom. The van der Waals surface area contributed by atoms with E-state index in [1.54, 1.807) is 0 Å². The minimum absolute atomic E-state index is 1.29. The second-order valence-electron chi connectivity index (χ2n) is 3.09. The van der Waals surface area contributed by atoms with Crippen molar-refractivity contribution in [1.29, 1.82) is 0 Å². The van der Waals surface area contributed by atoms with Crippen LogP contribution in [0.1, 0.15) is 22.3 Å². The Bertz CT molecular complexity index is 311. The van der Waals surface area contributed by atoms with Gasteiger partial charge in [0.05, 0.1) is 0 Å². The molecule has 0 unspecified atom stereocenters. The molecule has 1 heteroatoms. The average molecular weight is 225 g/mol. The largest absolute Gasteiger partial charge is 0.0595 e. The molecule has 1 aromatic carbocycles. The maximum atomic E-state index is 3.28. The second-order valence-corrected chi connectivity index (χ2v) is 3.61. The number of benzene rings is 1. The van der Waals surface area contributed by atoms with Crippen molar-refractivity contribution in [2.45, 2.75) is 20.8 Å². The van der Waals surface area contributed by atoms with Gasteiger partial charge in [-0.25, -0.2) is 0 Å². The van der Waals surface area contributed by atoms with E-state index >= 15 is 0 Å². The molecule has 0 bridgehead atoms. The minimum atomic E-state index is 1.29. The highest BCUT2D eigenvalue weighted by atomic mass is 79.9. The summed E-state index contributed by atoms with van der Waals surface area (Å²) >= 11 is 3.28. The molecule has 12 heavy (non-hydrogen) atoms. The summed E-state index contributed by atoms with van der Waals surface area (Å²) in [4.78, 5) is 1.89. The van der Waals surface area contributed by atoms with Crippen LogP contribution in [0.15, 0.2) is 17.1 Å². The van der Waals surface area contributed by atoms with Crippen LogP contribution in [-0.4, -0.2) is 0 Å². The molecule has 0 fully saturated rings. The predicted octanol–water partition coefficient (Wildman–Crippen LogP) is 3.98. The van der Waals surface area contributed by atoms with Gasteiger partial charge in [-0.1, -0.05) is 28.1 Å². The summed E-state index contributed by atoms with van der Waals surface area (Å²) in [7, 11) is 0. The van der Waals surface area contributed by atoms with Gasteiger partial charge in [0.1, 0.15) is 0 Å². The van der Waals surface area contributed by atoms with Crippen LogP contribution >= 0.6 is 15.9 Å². The lowest BCUT2D eigenvalue weighted by atomic mass is 10.0. The van der Waals surface area contributed by atoms with Crippen molar-refractivity contribution in [3.05, 3.63) is 39.4 Å². The highest BCUT2D eigenvalue weighted by molar-refractivity contribution is 9.11. The average Bonchev–Trinajstić information content (AvgIpc) is 2.01. The molecular formula is C11H13Br. The van der Waals surface area contributed by atoms with Crippen LogP contribution < -0.4 is 0 Å². The van der Waals surface area contributed by atoms with Crippen molar-refractivity contribution >= 4 is 22.0 Å². The molecule has 0 nitrogen and oxygen atoms in total. The first kappa shape index (κ1) is 9.53. The molecule has 1 aromatic rings. The molecule has 0 saturated heterocycles. The first-order chi connectivity index (χ1) is 5.65. The van der Waals surface area contributed by atoms with E-state index in [-0.39, 0.29) is 0 Å². The predicted molar refractivity (Wildman–Crippen MR) is 58.6 cm³/mol. The molecular weight excluding hydrogens is 212 g/mol. The number of hydrogen-bond donors (Lipinski definition) is 0. The van der Waals surface area contributed by atoms with Crippen molar-refractivity contribution in [2.24, 2.45) is 0 Å². The lowest BCUT2D eigenvalue weighted by Crippen LogP contribution is -1.86. The Balaban J connectivity index is 3.23. The van der Waals surface area contributed by atoms with E-state index < -0.39 is 0 Å². The van der Waals surface area contributed by atoms with Gasteiger partial charge in [-0.3, -0.25) is 0 Å². The molecule has 0 aliphatic carbocycles. The summed E-state index contributed by atoms with van der Waals surface area (Å²) in [6.45, 7) is 6.42. The normalized spacial score (nSPS) is 11.0. The summed E-state index contributed by atoms with van der Waals surface area (Å²) < 4.78 is 0. The third-order valence-electron chi connectivity index (χ3n) is 2.12. The lowest BCUT2D eigenvalue weighted by molar-refractivity contribution is 1.29. The molecule has 0 spiro atoms. The molecule has 0 heterocycles. The molecule has 0 aromatic heterocycles. The monoisotopic (exact) mass is 224 g/mol. The van der Waals surface area contributed by atoms with E-state index in [0.29, 0.717) is 0 Å². The van der Waals surface area contributed by atoms with Gasteiger partial charge in [0.25, 0.3) is 0 Å². The Labute approximate surface area is 82.4 Å². The van der Waals surface area contributed by atoms with Gasteiger partial charge in [-0.05, 0) is 54.1 Å². The van der Waals surface area contributed by atoms with Gasteiger partial charge in [0, 0.05) is 0 Å². The molecule has 0 amide bonds. The number of halogens is 1. The molecule has 0 atom stereocenters. The molecule has 0 aliphatic rings. The fourth-order valence-electron chi connectivity index (χ4n) is 1.23. The van der Waals surface area contributed by atoms with Crippen molar-refractivity contribution in [3.8, 4) is 0 Å². The Hall–Kier alpha value is -0.560. The van der Waals surface area contributed by atoms with Crippen LogP contribution in [0.25, 0.3) is 6.08 Å². The zero-order valence-electron chi connectivity index (χ0n) is 7.69. The van der Waals surface area contributed by atoms with Crippen LogP contribution in [0.5, 0.6) is 0 Å². The van der Waals surface area contributed by atoms with Crippen LogP contribution in [0, 0.1) is 20.8 Å². The summed E-state index contributed by atoms with van der Waals surface area (Å²) in [5.74, 6) is 0. The van der Waals surface area contributed by atoms with Gasteiger partial charge in [0.2, 0.25) is 0 Å². The molecule has 64 valence electrons. The minimum Gasteiger partial charge on any atom is -0.0595 e. The zero-order valence-corrected chi connectivity index (χ0v) is 9.27. The molecule has 0 saturated carbocycles. The van der Waals surface area contributed by atoms with Crippen LogP contribution in [0.4, 0.5) is 0 Å². The molecule has 0 radical (unpaired) electrons. The molecule has 0 aliphatic heterocycles.